The van der Waals surface area contributed by atoms with Gasteiger partial charge < -0.3 is 24.7 Å². The van der Waals surface area contributed by atoms with Gasteiger partial charge in [0.1, 0.15) is 24.7 Å². The molecule has 4 atom stereocenters. The van der Waals surface area contributed by atoms with Crippen molar-refractivity contribution in [2.24, 2.45) is 15.0 Å². The van der Waals surface area contributed by atoms with Gasteiger partial charge in [-0.2, -0.15) is 9.98 Å². The summed E-state index contributed by atoms with van der Waals surface area (Å²) in [5, 5.41) is 20.0. The number of aliphatic imine (C=N–C) groups is 3. The van der Waals surface area contributed by atoms with Gasteiger partial charge in [-0.3, -0.25) is 9.32 Å². The summed E-state index contributed by atoms with van der Waals surface area (Å²) in [4.78, 5) is 52.2. The highest BCUT2D eigenvalue weighted by molar-refractivity contribution is 7.46. The highest BCUT2D eigenvalue weighted by Gasteiger charge is 2.52. The number of nitrogens with zero attached hydrogens (tertiary/aromatic N) is 4. The number of amidine groups is 1. The first-order valence-electron chi connectivity index (χ1n) is 6.47. The standard InChI is InChI=1S/C10H11N4O9P/c15-5-3(1-22-24(19,20)21)23-9(6(5)16)14-7-4(13-10(14)18)8(17)12-2-11-7/h2-3,5-6,9,15-16H,1H2,(H2,19,20,21)/t3-,5-,6-,9-/m1/s1. The molecule has 0 aromatic heterocycles. The molecule has 3 aliphatic heterocycles. The van der Waals surface area contributed by atoms with Crippen molar-refractivity contribution in [2.45, 2.75) is 24.5 Å². The van der Waals surface area contributed by atoms with Crippen LogP contribution in [0.2, 0.25) is 0 Å². The van der Waals surface area contributed by atoms with Gasteiger partial charge in [0.25, 0.3) is 0 Å². The summed E-state index contributed by atoms with van der Waals surface area (Å²) in [5.41, 5.74) is -0.331. The van der Waals surface area contributed by atoms with Crippen LogP contribution in [0.15, 0.2) is 15.0 Å². The van der Waals surface area contributed by atoms with Crippen molar-refractivity contribution in [3.8, 4) is 0 Å². The van der Waals surface area contributed by atoms with E-state index in [1.165, 1.54) is 0 Å². The third kappa shape index (κ3) is 2.93. The molecule has 0 saturated carbocycles. The minimum atomic E-state index is -4.82. The maximum Gasteiger partial charge on any atom is 0.469 e. The Morgan fingerprint density at radius 1 is 1.29 bits per heavy atom. The molecule has 13 nitrogen and oxygen atoms in total. The fraction of sp³-hybridized carbons (Fsp3) is 0.500. The average Bonchev–Trinajstić information content (AvgIpc) is 2.96. The van der Waals surface area contributed by atoms with Crippen LogP contribution in [0.4, 0.5) is 4.79 Å². The van der Waals surface area contributed by atoms with Gasteiger partial charge in [0.2, 0.25) is 0 Å². The summed E-state index contributed by atoms with van der Waals surface area (Å²) in [6, 6.07) is -0.963. The number of phosphoric acid groups is 1. The number of aliphatic hydroxyl groups is 2. The molecule has 0 spiro atoms. The van der Waals surface area contributed by atoms with E-state index in [4.69, 9.17) is 14.5 Å². The smallest absolute Gasteiger partial charge is 0.387 e. The Labute approximate surface area is 133 Å². The number of hydrogen-bond donors (Lipinski definition) is 4. The molecule has 3 amide bonds. The predicted molar refractivity (Wildman–Crippen MR) is 74.3 cm³/mol. The van der Waals surface area contributed by atoms with Crippen molar-refractivity contribution in [3.63, 3.8) is 0 Å². The molecule has 0 aliphatic carbocycles. The van der Waals surface area contributed by atoms with Crippen molar-refractivity contribution in [2.75, 3.05) is 6.61 Å². The average molecular weight is 362 g/mol. The molecule has 14 heteroatoms. The lowest BCUT2D eigenvalue weighted by Crippen LogP contribution is -2.49. The summed E-state index contributed by atoms with van der Waals surface area (Å²) in [7, 11) is -4.82. The molecule has 1 fully saturated rings. The third-order valence-corrected chi connectivity index (χ3v) is 3.90. The Morgan fingerprint density at radius 3 is 2.67 bits per heavy atom. The molecule has 0 bridgehead atoms. The van der Waals surface area contributed by atoms with E-state index in [9.17, 15) is 24.4 Å². The number of ether oxygens (including phenoxy) is 1. The second-order valence-corrected chi connectivity index (χ2v) is 6.19. The van der Waals surface area contributed by atoms with Crippen molar-refractivity contribution in [1.82, 2.24) is 4.90 Å². The quantitative estimate of drug-likeness (QED) is 0.388. The van der Waals surface area contributed by atoms with Crippen LogP contribution in [0.3, 0.4) is 0 Å². The van der Waals surface area contributed by atoms with E-state index in [0.29, 0.717) is 0 Å². The first-order valence-corrected chi connectivity index (χ1v) is 8.00. The van der Waals surface area contributed by atoms with Crippen molar-refractivity contribution in [3.05, 3.63) is 0 Å². The Kier molecular flexibility index (Phi) is 4.17. The molecule has 0 aromatic carbocycles. The molecule has 4 N–H and O–H groups in total. The van der Waals surface area contributed by atoms with Gasteiger partial charge >= 0.3 is 19.8 Å². The molecule has 130 valence electrons. The van der Waals surface area contributed by atoms with Crippen LogP contribution >= 0.6 is 7.82 Å². The maximum absolute atomic E-state index is 12.0. The third-order valence-electron chi connectivity index (χ3n) is 3.41. The number of hydrogen-bond acceptors (Lipinski definition) is 8. The summed E-state index contributed by atoms with van der Waals surface area (Å²) in [6.07, 6.45) is -5.16. The summed E-state index contributed by atoms with van der Waals surface area (Å²) in [5.74, 6) is -1.00. The van der Waals surface area contributed by atoms with E-state index < -0.39 is 50.9 Å². The number of carbonyl (C=O) groups is 2. The minimum absolute atomic E-state index is 0.201. The molecular weight excluding hydrogens is 351 g/mol. The molecule has 24 heavy (non-hydrogen) atoms. The SMILES string of the molecule is O=C1N=CN=C2C1=NC(=O)N2[C@@H]1O[C@H](COP(=O)(O)O)[C@@H](O)[C@H]1O. The first-order chi connectivity index (χ1) is 11.2. The lowest BCUT2D eigenvalue weighted by molar-refractivity contribution is -0.111. The van der Waals surface area contributed by atoms with Gasteiger partial charge in [0, 0.05) is 0 Å². The molecule has 0 unspecified atom stereocenters. The number of aliphatic hydroxyl groups excluding tert-OH is 2. The van der Waals surface area contributed by atoms with Gasteiger partial charge in [-0.05, 0) is 0 Å². The van der Waals surface area contributed by atoms with Crippen LogP contribution in [0.1, 0.15) is 0 Å². The van der Waals surface area contributed by atoms with Gasteiger partial charge in [-0.25, -0.2) is 19.3 Å². The summed E-state index contributed by atoms with van der Waals surface area (Å²) >= 11 is 0. The normalized spacial score (nSPS) is 32.9. The highest BCUT2D eigenvalue weighted by atomic mass is 31.2. The van der Waals surface area contributed by atoms with E-state index >= 15 is 0 Å². The monoisotopic (exact) mass is 362 g/mol. The van der Waals surface area contributed by atoms with E-state index in [1.54, 1.807) is 0 Å². The lowest BCUT2D eigenvalue weighted by Gasteiger charge is -2.25. The number of fused-ring (bicyclic) bond motifs is 1. The number of phosphoric ester groups is 1. The number of urea groups is 1. The van der Waals surface area contributed by atoms with Gasteiger partial charge in [0.05, 0.1) is 6.61 Å². The molecule has 1 saturated heterocycles. The van der Waals surface area contributed by atoms with Crippen LogP contribution in [0.25, 0.3) is 0 Å². The van der Waals surface area contributed by atoms with E-state index in [-0.39, 0.29) is 11.5 Å². The van der Waals surface area contributed by atoms with Gasteiger partial charge in [-0.15, -0.1) is 0 Å². The largest absolute Gasteiger partial charge is 0.469 e. The van der Waals surface area contributed by atoms with Gasteiger partial charge in [0.15, 0.2) is 17.8 Å². The second kappa shape index (κ2) is 5.89. The molecule has 3 aliphatic rings. The fourth-order valence-corrected chi connectivity index (χ4v) is 2.69. The summed E-state index contributed by atoms with van der Waals surface area (Å²) < 4.78 is 20.2. The first kappa shape index (κ1) is 17.0. The molecule has 3 rings (SSSR count). The summed E-state index contributed by atoms with van der Waals surface area (Å²) in [6.45, 7) is -0.735. The van der Waals surface area contributed by atoms with Crippen molar-refractivity contribution < 1.29 is 43.4 Å². The van der Waals surface area contributed by atoms with Crippen LogP contribution < -0.4 is 0 Å². The Hall–Kier alpha value is -1.86. The Morgan fingerprint density at radius 2 is 2.00 bits per heavy atom. The zero-order valence-corrected chi connectivity index (χ0v) is 12.6. The predicted octanol–water partition coefficient (Wildman–Crippen LogP) is -2.61. The number of amides is 3. The maximum atomic E-state index is 12.0. The minimum Gasteiger partial charge on any atom is -0.387 e. The van der Waals surface area contributed by atoms with Crippen molar-refractivity contribution in [1.29, 1.82) is 0 Å². The Balaban J connectivity index is 1.79. The molecule has 0 aromatic rings. The Bertz CT molecular complexity index is 728. The molecule has 3 heterocycles. The zero-order valence-electron chi connectivity index (χ0n) is 11.7. The van der Waals surface area contributed by atoms with Crippen LogP contribution in [0.5, 0.6) is 0 Å². The lowest BCUT2D eigenvalue weighted by atomic mass is 10.1. The zero-order chi connectivity index (χ0) is 17.6. The van der Waals surface area contributed by atoms with Crippen molar-refractivity contribution >= 4 is 37.6 Å². The topological polar surface area (TPSA) is 191 Å². The van der Waals surface area contributed by atoms with Crippen LogP contribution in [-0.4, -0.2) is 85.9 Å². The number of rotatable bonds is 4. The second-order valence-electron chi connectivity index (χ2n) is 4.95. The number of carbonyl (C=O) groups excluding carboxylic acids is 2. The van der Waals surface area contributed by atoms with Crippen LogP contribution in [0, 0.1) is 0 Å². The van der Waals surface area contributed by atoms with Crippen LogP contribution in [-0.2, 0) is 18.6 Å². The van der Waals surface area contributed by atoms with Gasteiger partial charge in [-0.1, -0.05) is 0 Å². The fourth-order valence-electron chi connectivity index (χ4n) is 2.35. The van der Waals surface area contributed by atoms with E-state index in [1.807, 2.05) is 0 Å². The molecule has 0 radical (unpaired) electrons. The van der Waals surface area contributed by atoms with E-state index in [0.717, 1.165) is 11.2 Å². The highest BCUT2D eigenvalue weighted by Crippen LogP contribution is 2.37. The van der Waals surface area contributed by atoms with E-state index in [2.05, 4.69) is 19.5 Å². The molecular formula is C10H11N4O9P.